The van der Waals surface area contributed by atoms with Gasteiger partial charge < -0.3 is 10.2 Å². The Hall–Kier alpha value is -1.65. The predicted octanol–water partition coefficient (Wildman–Crippen LogP) is 2.47. The third-order valence-corrected chi connectivity index (χ3v) is 4.07. The molecule has 1 saturated heterocycles. The number of nitrogens with one attached hydrogen (secondary N) is 1. The van der Waals surface area contributed by atoms with Crippen LogP contribution in [0.1, 0.15) is 44.5 Å². The van der Waals surface area contributed by atoms with Crippen molar-refractivity contribution in [3.63, 3.8) is 0 Å². The first-order valence-electron chi connectivity index (χ1n) is 8.30. The number of rotatable bonds is 5. The average Bonchev–Trinajstić information content (AvgIpc) is 2.46. The highest BCUT2D eigenvalue weighted by Crippen LogP contribution is 2.21. The molecule has 1 aromatic rings. The maximum atomic E-state index is 12.3. The van der Waals surface area contributed by atoms with Gasteiger partial charge in [-0.25, -0.2) is 9.97 Å². The van der Waals surface area contributed by atoms with Crippen LogP contribution in [0.3, 0.4) is 0 Å². The Kier molecular flexibility index (Phi) is 5.75. The molecule has 1 fully saturated rings. The van der Waals surface area contributed by atoms with Gasteiger partial charge in [-0.2, -0.15) is 0 Å². The maximum Gasteiger partial charge on any atom is 0.225 e. The highest BCUT2D eigenvalue weighted by atomic mass is 16.1. The third-order valence-electron chi connectivity index (χ3n) is 4.07. The van der Waals surface area contributed by atoms with Crippen molar-refractivity contribution < 1.29 is 4.79 Å². The molecule has 0 bridgehead atoms. The number of carbonyl (C=O) groups excluding carboxylic acids is 1. The minimum atomic E-state index is 0.0466. The van der Waals surface area contributed by atoms with Gasteiger partial charge >= 0.3 is 0 Å². The molecule has 5 heteroatoms. The highest BCUT2D eigenvalue weighted by molar-refractivity contribution is 5.79. The van der Waals surface area contributed by atoms with Crippen LogP contribution in [-0.2, 0) is 4.79 Å². The van der Waals surface area contributed by atoms with E-state index in [0.717, 1.165) is 56.2 Å². The summed E-state index contributed by atoms with van der Waals surface area (Å²) in [5.74, 6) is 1.60. The van der Waals surface area contributed by atoms with Gasteiger partial charge in [-0.1, -0.05) is 13.8 Å². The summed E-state index contributed by atoms with van der Waals surface area (Å²) < 4.78 is 0. The Morgan fingerprint density at radius 1 is 1.36 bits per heavy atom. The van der Waals surface area contributed by atoms with E-state index in [-0.39, 0.29) is 11.8 Å². The number of nitrogens with zero attached hydrogens (tertiary/aromatic N) is 3. The number of piperidine rings is 1. The van der Waals surface area contributed by atoms with Gasteiger partial charge in [0.2, 0.25) is 11.9 Å². The van der Waals surface area contributed by atoms with Crippen LogP contribution in [0.25, 0.3) is 0 Å². The zero-order valence-corrected chi connectivity index (χ0v) is 14.2. The van der Waals surface area contributed by atoms with Gasteiger partial charge in [-0.15, -0.1) is 0 Å². The summed E-state index contributed by atoms with van der Waals surface area (Å²) in [5, 5.41) is 3.07. The lowest BCUT2D eigenvalue weighted by Crippen LogP contribution is -2.44. The molecule has 1 amide bonds. The standard InChI is InChI=1S/C17H28N4O/c1-12(2)7-8-18-16(22)15-6-5-9-21(11-15)17-19-13(3)10-14(4)20-17/h10,12,15H,5-9,11H2,1-4H3,(H,18,22)/t15-/m0/s1. The van der Waals surface area contributed by atoms with Crippen LogP contribution in [-0.4, -0.2) is 35.5 Å². The summed E-state index contributed by atoms with van der Waals surface area (Å²) >= 11 is 0. The van der Waals surface area contributed by atoms with E-state index in [1.165, 1.54) is 0 Å². The van der Waals surface area contributed by atoms with Gasteiger partial charge in [0.25, 0.3) is 0 Å². The summed E-state index contributed by atoms with van der Waals surface area (Å²) in [4.78, 5) is 23.5. The minimum Gasteiger partial charge on any atom is -0.356 e. The zero-order chi connectivity index (χ0) is 16.1. The molecule has 0 radical (unpaired) electrons. The van der Waals surface area contributed by atoms with Gasteiger partial charge in [0.1, 0.15) is 0 Å². The lowest BCUT2D eigenvalue weighted by Gasteiger charge is -2.32. The molecule has 1 aliphatic heterocycles. The van der Waals surface area contributed by atoms with Gasteiger partial charge in [-0.05, 0) is 45.1 Å². The molecule has 2 rings (SSSR count). The fourth-order valence-corrected chi connectivity index (χ4v) is 2.85. The molecule has 0 saturated carbocycles. The summed E-state index contributed by atoms with van der Waals surface area (Å²) in [6.07, 6.45) is 3.00. The molecular formula is C17H28N4O. The predicted molar refractivity (Wildman–Crippen MR) is 88.9 cm³/mol. The third kappa shape index (κ3) is 4.68. The summed E-state index contributed by atoms with van der Waals surface area (Å²) in [6, 6.07) is 1.98. The van der Waals surface area contributed by atoms with Crippen molar-refractivity contribution in [1.82, 2.24) is 15.3 Å². The zero-order valence-electron chi connectivity index (χ0n) is 14.2. The van der Waals surface area contributed by atoms with Crippen LogP contribution in [0.5, 0.6) is 0 Å². The molecular weight excluding hydrogens is 276 g/mol. The molecule has 0 aliphatic carbocycles. The number of anilines is 1. The summed E-state index contributed by atoms with van der Waals surface area (Å²) in [6.45, 7) is 10.7. The molecule has 122 valence electrons. The van der Waals surface area contributed by atoms with Crippen LogP contribution < -0.4 is 10.2 Å². The summed E-state index contributed by atoms with van der Waals surface area (Å²) in [7, 11) is 0. The second-order valence-corrected chi connectivity index (χ2v) is 6.71. The van der Waals surface area contributed by atoms with Crippen LogP contribution in [0.15, 0.2) is 6.07 Å². The topological polar surface area (TPSA) is 58.1 Å². The van der Waals surface area contributed by atoms with E-state index < -0.39 is 0 Å². The lowest BCUT2D eigenvalue weighted by atomic mass is 9.97. The molecule has 0 unspecified atom stereocenters. The van der Waals surface area contributed by atoms with Gasteiger partial charge in [0.15, 0.2) is 0 Å². The average molecular weight is 304 g/mol. The summed E-state index contributed by atoms with van der Waals surface area (Å²) in [5.41, 5.74) is 1.96. The number of aryl methyl sites for hydroxylation is 2. The normalized spacial score (nSPS) is 18.6. The van der Waals surface area contributed by atoms with Crippen molar-refractivity contribution >= 4 is 11.9 Å². The smallest absolute Gasteiger partial charge is 0.225 e. The molecule has 1 atom stereocenters. The first-order valence-corrected chi connectivity index (χ1v) is 8.30. The minimum absolute atomic E-state index is 0.0466. The largest absolute Gasteiger partial charge is 0.356 e. The fourth-order valence-electron chi connectivity index (χ4n) is 2.85. The quantitative estimate of drug-likeness (QED) is 0.908. The Bertz CT molecular complexity index is 495. The van der Waals surface area contributed by atoms with E-state index in [4.69, 9.17) is 0 Å². The molecule has 1 aliphatic rings. The van der Waals surface area contributed by atoms with E-state index >= 15 is 0 Å². The molecule has 22 heavy (non-hydrogen) atoms. The molecule has 2 heterocycles. The van der Waals surface area contributed by atoms with E-state index in [9.17, 15) is 4.79 Å². The molecule has 0 spiro atoms. The highest BCUT2D eigenvalue weighted by Gasteiger charge is 2.27. The molecule has 1 N–H and O–H groups in total. The number of carbonyl (C=O) groups is 1. The SMILES string of the molecule is Cc1cc(C)nc(N2CCC[C@H](C(=O)NCCC(C)C)C2)n1. The van der Waals surface area contributed by atoms with Gasteiger partial charge in [0, 0.05) is 31.0 Å². The molecule has 0 aromatic carbocycles. The lowest BCUT2D eigenvalue weighted by molar-refractivity contribution is -0.125. The second kappa shape index (κ2) is 7.56. The van der Waals surface area contributed by atoms with Crippen molar-refractivity contribution in [3.05, 3.63) is 17.5 Å². The Labute approximate surface area is 133 Å². The van der Waals surface area contributed by atoms with Crippen molar-refractivity contribution in [2.24, 2.45) is 11.8 Å². The van der Waals surface area contributed by atoms with Crippen LogP contribution >= 0.6 is 0 Å². The number of amides is 1. The van der Waals surface area contributed by atoms with E-state index in [1.54, 1.807) is 0 Å². The number of aromatic nitrogens is 2. The Morgan fingerprint density at radius 3 is 2.68 bits per heavy atom. The molecule has 1 aromatic heterocycles. The van der Waals surface area contributed by atoms with E-state index in [2.05, 4.69) is 34.0 Å². The van der Waals surface area contributed by atoms with E-state index in [0.29, 0.717) is 5.92 Å². The van der Waals surface area contributed by atoms with E-state index in [1.807, 2.05) is 19.9 Å². The first kappa shape index (κ1) is 16.7. The van der Waals surface area contributed by atoms with Crippen LogP contribution in [0.4, 0.5) is 5.95 Å². The van der Waals surface area contributed by atoms with Crippen molar-refractivity contribution in [3.8, 4) is 0 Å². The maximum absolute atomic E-state index is 12.3. The molecule has 5 nitrogen and oxygen atoms in total. The monoisotopic (exact) mass is 304 g/mol. The Balaban J connectivity index is 1.95. The number of hydrogen-bond acceptors (Lipinski definition) is 4. The second-order valence-electron chi connectivity index (χ2n) is 6.71. The van der Waals surface area contributed by atoms with Gasteiger partial charge in [-0.3, -0.25) is 4.79 Å². The Morgan fingerprint density at radius 2 is 2.05 bits per heavy atom. The van der Waals surface area contributed by atoms with Gasteiger partial charge in [0.05, 0.1) is 5.92 Å². The number of hydrogen-bond donors (Lipinski definition) is 1. The first-order chi connectivity index (χ1) is 10.5. The van der Waals surface area contributed by atoms with Crippen molar-refractivity contribution in [2.75, 3.05) is 24.5 Å². The fraction of sp³-hybridized carbons (Fsp3) is 0.706. The van der Waals surface area contributed by atoms with Crippen molar-refractivity contribution in [1.29, 1.82) is 0 Å². The van der Waals surface area contributed by atoms with Crippen molar-refractivity contribution in [2.45, 2.75) is 47.0 Å². The van der Waals surface area contributed by atoms with Crippen LogP contribution in [0, 0.1) is 25.7 Å². The van der Waals surface area contributed by atoms with Crippen LogP contribution in [0.2, 0.25) is 0 Å².